The van der Waals surface area contributed by atoms with E-state index < -0.39 is 17.4 Å². The molecule has 2 aromatic carbocycles. The molecule has 0 fully saturated rings. The Morgan fingerprint density at radius 3 is 2.26 bits per heavy atom. The van der Waals surface area contributed by atoms with Crippen molar-refractivity contribution in [2.45, 2.75) is 26.2 Å². The third kappa shape index (κ3) is 2.46. The number of carbonyl (C=O) groups excluding carboxylic acids is 3. The van der Waals surface area contributed by atoms with Crippen molar-refractivity contribution >= 4 is 17.7 Å². The predicted molar refractivity (Wildman–Crippen MR) is 84.8 cm³/mol. The number of ketones is 1. The highest BCUT2D eigenvalue weighted by atomic mass is 16.6. The third-order valence-corrected chi connectivity index (χ3v) is 4.36. The van der Waals surface area contributed by atoms with Crippen molar-refractivity contribution in [3.8, 4) is 0 Å². The molecule has 0 unspecified atom stereocenters. The molecule has 0 aromatic heterocycles. The summed E-state index contributed by atoms with van der Waals surface area (Å²) in [6.07, 6.45) is 0. The van der Waals surface area contributed by atoms with E-state index in [0.717, 1.165) is 11.1 Å². The Labute approximate surface area is 134 Å². The Morgan fingerprint density at radius 2 is 1.57 bits per heavy atom. The first-order valence-electron chi connectivity index (χ1n) is 7.33. The summed E-state index contributed by atoms with van der Waals surface area (Å²) in [4.78, 5) is 34.9. The van der Waals surface area contributed by atoms with Gasteiger partial charge >= 0.3 is 11.9 Å². The molecule has 3 rings (SSSR count). The molecule has 0 spiro atoms. The zero-order valence-corrected chi connectivity index (χ0v) is 13.2. The van der Waals surface area contributed by atoms with E-state index in [1.807, 2.05) is 38.1 Å². The summed E-state index contributed by atoms with van der Waals surface area (Å²) in [7, 11) is 0. The van der Waals surface area contributed by atoms with Gasteiger partial charge in [0.25, 0.3) is 0 Å². The van der Waals surface area contributed by atoms with Gasteiger partial charge in [0.15, 0.2) is 5.78 Å². The molecule has 4 heteroatoms. The fourth-order valence-electron chi connectivity index (χ4n) is 2.77. The van der Waals surface area contributed by atoms with Gasteiger partial charge < -0.3 is 4.74 Å². The lowest BCUT2D eigenvalue weighted by Gasteiger charge is -2.26. The number of rotatable bonds is 3. The molecule has 4 nitrogen and oxygen atoms in total. The molecule has 1 heterocycles. The van der Waals surface area contributed by atoms with Crippen molar-refractivity contribution in [2.75, 3.05) is 0 Å². The number of carbonyl (C=O) groups is 3. The molecule has 0 aliphatic carbocycles. The summed E-state index contributed by atoms with van der Waals surface area (Å²) in [6, 6.07) is 12.6. The van der Waals surface area contributed by atoms with Crippen molar-refractivity contribution < 1.29 is 19.1 Å². The fourth-order valence-corrected chi connectivity index (χ4v) is 2.77. The van der Waals surface area contributed by atoms with Gasteiger partial charge in [-0.2, -0.15) is 0 Å². The van der Waals surface area contributed by atoms with Crippen molar-refractivity contribution in [1.82, 2.24) is 0 Å². The topological polar surface area (TPSA) is 60.4 Å². The summed E-state index contributed by atoms with van der Waals surface area (Å²) < 4.78 is 4.63. The van der Waals surface area contributed by atoms with Gasteiger partial charge in [-0.05, 0) is 36.2 Å². The van der Waals surface area contributed by atoms with Gasteiger partial charge in [0, 0.05) is 11.0 Å². The predicted octanol–water partition coefficient (Wildman–Crippen LogP) is 3.53. The quantitative estimate of drug-likeness (QED) is 0.494. The number of cyclic esters (lactones) is 2. The van der Waals surface area contributed by atoms with Gasteiger partial charge in [-0.25, -0.2) is 9.59 Å². The zero-order valence-electron chi connectivity index (χ0n) is 13.2. The van der Waals surface area contributed by atoms with Gasteiger partial charge in [-0.3, -0.25) is 4.79 Å². The zero-order chi connectivity index (χ0) is 16.8. The lowest BCUT2D eigenvalue weighted by Crippen LogP contribution is -2.20. The minimum absolute atomic E-state index is 0.00535. The SMILES string of the molecule is CC(=O)c1cccc(C(C)(C)c2ccc3c(c2)C(=O)OC3=O)c1. The lowest BCUT2D eigenvalue weighted by atomic mass is 9.77. The summed E-state index contributed by atoms with van der Waals surface area (Å²) in [5.74, 6) is -1.21. The van der Waals surface area contributed by atoms with Gasteiger partial charge in [0.1, 0.15) is 0 Å². The first-order valence-corrected chi connectivity index (χ1v) is 7.33. The molecule has 0 N–H and O–H groups in total. The number of esters is 2. The van der Waals surface area contributed by atoms with E-state index in [0.29, 0.717) is 16.7 Å². The van der Waals surface area contributed by atoms with Crippen LogP contribution in [0.4, 0.5) is 0 Å². The second kappa shape index (κ2) is 5.16. The number of ether oxygens (including phenoxy) is 1. The fraction of sp³-hybridized carbons (Fsp3) is 0.211. The minimum atomic E-state index is -0.611. The van der Waals surface area contributed by atoms with Crippen LogP contribution in [0.3, 0.4) is 0 Å². The molecule has 2 aromatic rings. The number of fused-ring (bicyclic) bond motifs is 1. The second-order valence-corrected chi connectivity index (χ2v) is 6.20. The summed E-state index contributed by atoms with van der Waals surface area (Å²) in [5, 5.41) is 0. The molecule has 0 saturated carbocycles. The van der Waals surface area contributed by atoms with Gasteiger partial charge in [0.2, 0.25) is 0 Å². The Balaban J connectivity index is 2.09. The Bertz CT molecular complexity index is 846. The van der Waals surface area contributed by atoms with Crippen LogP contribution in [0.5, 0.6) is 0 Å². The average molecular weight is 308 g/mol. The molecule has 1 aliphatic heterocycles. The van der Waals surface area contributed by atoms with Gasteiger partial charge in [0.05, 0.1) is 11.1 Å². The van der Waals surface area contributed by atoms with Crippen molar-refractivity contribution in [1.29, 1.82) is 0 Å². The summed E-state index contributed by atoms with van der Waals surface area (Å²) in [5.41, 5.74) is 2.65. The normalized spacial score (nSPS) is 13.7. The van der Waals surface area contributed by atoms with Crippen LogP contribution in [0.25, 0.3) is 0 Å². The van der Waals surface area contributed by atoms with Crippen molar-refractivity contribution in [2.24, 2.45) is 0 Å². The molecule has 0 saturated heterocycles. The molecule has 1 aliphatic rings. The van der Waals surface area contributed by atoms with Crippen LogP contribution < -0.4 is 0 Å². The highest BCUT2D eigenvalue weighted by Gasteiger charge is 2.32. The van der Waals surface area contributed by atoms with E-state index in [-0.39, 0.29) is 5.78 Å². The van der Waals surface area contributed by atoms with Crippen LogP contribution in [-0.4, -0.2) is 17.7 Å². The average Bonchev–Trinajstić information content (AvgIpc) is 2.81. The molecule has 0 amide bonds. The van der Waals surface area contributed by atoms with Gasteiger partial charge in [-0.15, -0.1) is 0 Å². The second-order valence-electron chi connectivity index (χ2n) is 6.20. The van der Waals surface area contributed by atoms with Crippen LogP contribution >= 0.6 is 0 Å². The molecular formula is C19H16O4. The Morgan fingerprint density at radius 1 is 0.913 bits per heavy atom. The van der Waals surface area contributed by atoms with Crippen LogP contribution in [0.1, 0.15) is 63.0 Å². The molecule has 0 radical (unpaired) electrons. The number of hydrogen-bond acceptors (Lipinski definition) is 4. The maximum atomic E-state index is 11.7. The maximum absolute atomic E-state index is 11.7. The molecule has 0 atom stereocenters. The van der Waals surface area contributed by atoms with E-state index in [1.54, 1.807) is 18.2 Å². The minimum Gasteiger partial charge on any atom is -0.386 e. The number of Topliss-reactive ketones (excluding diaryl/α,β-unsaturated/α-hetero) is 1. The van der Waals surface area contributed by atoms with E-state index in [1.165, 1.54) is 6.92 Å². The first-order chi connectivity index (χ1) is 10.8. The van der Waals surface area contributed by atoms with Gasteiger partial charge in [-0.1, -0.05) is 38.1 Å². The number of benzene rings is 2. The maximum Gasteiger partial charge on any atom is 0.346 e. The highest BCUT2D eigenvalue weighted by Crippen LogP contribution is 2.34. The highest BCUT2D eigenvalue weighted by molar-refractivity contribution is 6.14. The molecule has 23 heavy (non-hydrogen) atoms. The summed E-state index contributed by atoms with van der Waals surface area (Å²) >= 11 is 0. The monoisotopic (exact) mass is 308 g/mol. The summed E-state index contributed by atoms with van der Waals surface area (Å²) in [6.45, 7) is 5.55. The van der Waals surface area contributed by atoms with E-state index >= 15 is 0 Å². The Hall–Kier alpha value is -2.75. The molecule has 0 bridgehead atoms. The smallest absolute Gasteiger partial charge is 0.346 e. The van der Waals surface area contributed by atoms with Crippen LogP contribution in [-0.2, 0) is 10.2 Å². The standard InChI is InChI=1S/C19H16O4/c1-11(20)12-5-4-6-13(9-12)19(2,3)14-7-8-15-16(10-14)18(22)23-17(15)21/h4-10H,1-3H3. The third-order valence-electron chi connectivity index (χ3n) is 4.36. The van der Waals surface area contributed by atoms with E-state index in [9.17, 15) is 14.4 Å². The molecule has 116 valence electrons. The van der Waals surface area contributed by atoms with Crippen LogP contribution in [0.15, 0.2) is 42.5 Å². The van der Waals surface area contributed by atoms with Crippen LogP contribution in [0.2, 0.25) is 0 Å². The van der Waals surface area contributed by atoms with Crippen molar-refractivity contribution in [3.63, 3.8) is 0 Å². The Kier molecular flexibility index (Phi) is 3.40. The largest absolute Gasteiger partial charge is 0.386 e. The van der Waals surface area contributed by atoms with E-state index in [2.05, 4.69) is 4.74 Å². The van der Waals surface area contributed by atoms with Crippen molar-refractivity contribution in [3.05, 3.63) is 70.3 Å². The van der Waals surface area contributed by atoms with Crippen LogP contribution in [0, 0.1) is 0 Å². The first kappa shape index (κ1) is 15.2. The number of hydrogen-bond donors (Lipinski definition) is 0. The lowest BCUT2D eigenvalue weighted by molar-refractivity contribution is 0.0443. The molecular weight excluding hydrogens is 292 g/mol. The van der Waals surface area contributed by atoms with E-state index in [4.69, 9.17) is 0 Å².